The predicted octanol–water partition coefficient (Wildman–Crippen LogP) is 2.03. The SMILES string of the molecule is COc1ccc(N2CCN(C(=O)CCc3c(C)nn4cnnc4c3C)CC2)cc1. The first-order chi connectivity index (χ1) is 14.1. The van der Waals surface area contributed by atoms with Crippen LogP contribution in [0.5, 0.6) is 5.75 Å². The van der Waals surface area contributed by atoms with Crippen LogP contribution in [0.15, 0.2) is 30.6 Å². The van der Waals surface area contributed by atoms with Gasteiger partial charge in [0.25, 0.3) is 0 Å². The summed E-state index contributed by atoms with van der Waals surface area (Å²) in [5, 5.41) is 12.5. The third-order valence-electron chi connectivity index (χ3n) is 5.67. The van der Waals surface area contributed by atoms with E-state index in [1.54, 1.807) is 18.0 Å². The molecule has 0 radical (unpaired) electrons. The van der Waals surface area contributed by atoms with Gasteiger partial charge in [-0.15, -0.1) is 10.2 Å². The molecule has 0 unspecified atom stereocenters. The van der Waals surface area contributed by atoms with Gasteiger partial charge in [0.2, 0.25) is 5.91 Å². The highest BCUT2D eigenvalue weighted by atomic mass is 16.5. The lowest BCUT2D eigenvalue weighted by Gasteiger charge is -2.36. The number of anilines is 1. The molecule has 1 aliphatic rings. The summed E-state index contributed by atoms with van der Waals surface area (Å²) >= 11 is 0. The Morgan fingerprint density at radius 3 is 2.52 bits per heavy atom. The molecule has 3 heterocycles. The second-order valence-corrected chi connectivity index (χ2v) is 7.35. The number of nitrogens with zero attached hydrogens (tertiary/aromatic N) is 6. The lowest BCUT2D eigenvalue weighted by Crippen LogP contribution is -2.48. The lowest BCUT2D eigenvalue weighted by atomic mass is 10.0. The summed E-state index contributed by atoms with van der Waals surface area (Å²) in [6.45, 7) is 7.15. The number of ether oxygens (including phenoxy) is 1. The Morgan fingerprint density at radius 1 is 1.10 bits per heavy atom. The summed E-state index contributed by atoms with van der Waals surface area (Å²) in [5.74, 6) is 1.05. The third kappa shape index (κ3) is 3.87. The van der Waals surface area contributed by atoms with Crippen LogP contribution in [-0.4, -0.2) is 63.9 Å². The smallest absolute Gasteiger partial charge is 0.223 e. The van der Waals surface area contributed by atoms with Crippen LogP contribution in [0.4, 0.5) is 5.69 Å². The minimum absolute atomic E-state index is 0.194. The van der Waals surface area contributed by atoms with E-state index in [-0.39, 0.29) is 5.91 Å². The van der Waals surface area contributed by atoms with Gasteiger partial charge in [-0.2, -0.15) is 5.10 Å². The van der Waals surface area contributed by atoms with E-state index in [4.69, 9.17) is 4.74 Å². The Labute approximate surface area is 170 Å². The molecule has 4 rings (SSSR count). The summed E-state index contributed by atoms with van der Waals surface area (Å²) in [7, 11) is 1.67. The topological polar surface area (TPSA) is 75.9 Å². The maximum absolute atomic E-state index is 12.8. The lowest BCUT2D eigenvalue weighted by molar-refractivity contribution is -0.131. The number of methoxy groups -OCH3 is 1. The van der Waals surface area contributed by atoms with Crippen LogP contribution in [0, 0.1) is 13.8 Å². The van der Waals surface area contributed by atoms with E-state index in [2.05, 4.69) is 32.3 Å². The number of aryl methyl sites for hydroxylation is 2. The number of piperazine rings is 1. The molecule has 152 valence electrons. The van der Waals surface area contributed by atoms with Gasteiger partial charge in [-0.1, -0.05) is 0 Å². The summed E-state index contributed by atoms with van der Waals surface area (Å²) in [6.07, 6.45) is 2.76. The van der Waals surface area contributed by atoms with Crippen LogP contribution in [0.25, 0.3) is 5.65 Å². The fourth-order valence-corrected chi connectivity index (χ4v) is 3.94. The van der Waals surface area contributed by atoms with E-state index in [0.717, 1.165) is 60.1 Å². The van der Waals surface area contributed by atoms with Gasteiger partial charge >= 0.3 is 0 Å². The van der Waals surface area contributed by atoms with Gasteiger partial charge in [0.1, 0.15) is 12.1 Å². The Kier molecular flexibility index (Phi) is 5.33. The Balaban J connectivity index is 1.34. The second-order valence-electron chi connectivity index (χ2n) is 7.35. The fraction of sp³-hybridized carbons (Fsp3) is 0.429. The maximum atomic E-state index is 12.8. The van der Waals surface area contributed by atoms with Gasteiger partial charge in [-0.3, -0.25) is 4.79 Å². The number of fused-ring (bicyclic) bond motifs is 1. The molecule has 1 aliphatic heterocycles. The van der Waals surface area contributed by atoms with E-state index in [1.165, 1.54) is 0 Å². The van der Waals surface area contributed by atoms with E-state index in [9.17, 15) is 4.79 Å². The average Bonchev–Trinajstić information content (AvgIpc) is 3.22. The summed E-state index contributed by atoms with van der Waals surface area (Å²) in [4.78, 5) is 17.0. The van der Waals surface area contributed by atoms with E-state index in [0.29, 0.717) is 12.8 Å². The average molecular weight is 394 g/mol. The quantitative estimate of drug-likeness (QED) is 0.659. The predicted molar refractivity (Wildman–Crippen MR) is 110 cm³/mol. The molecule has 2 aromatic heterocycles. The zero-order valence-electron chi connectivity index (χ0n) is 17.1. The number of benzene rings is 1. The number of carbonyl (C=O) groups is 1. The van der Waals surface area contributed by atoms with Gasteiger partial charge < -0.3 is 14.5 Å². The van der Waals surface area contributed by atoms with Crippen molar-refractivity contribution >= 4 is 17.2 Å². The molecule has 29 heavy (non-hydrogen) atoms. The Morgan fingerprint density at radius 2 is 1.83 bits per heavy atom. The van der Waals surface area contributed by atoms with Crippen molar-refractivity contribution in [1.29, 1.82) is 0 Å². The first-order valence-corrected chi connectivity index (χ1v) is 9.89. The zero-order valence-corrected chi connectivity index (χ0v) is 17.1. The highest BCUT2D eigenvalue weighted by Crippen LogP contribution is 2.21. The summed E-state index contributed by atoms with van der Waals surface area (Å²) in [6, 6.07) is 8.07. The maximum Gasteiger partial charge on any atom is 0.223 e. The molecule has 1 fully saturated rings. The van der Waals surface area contributed by atoms with Crippen LogP contribution in [0.3, 0.4) is 0 Å². The summed E-state index contributed by atoms with van der Waals surface area (Å²) < 4.78 is 6.91. The molecule has 0 saturated carbocycles. The van der Waals surface area contributed by atoms with E-state index in [1.807, 2.05) is 30.9 Å². The molecule has 3 aromatic rings. The highest BCUT2D eigenvalue weighted by molar-refractivity contribution is 5.77. The van der Waals surface area contributed by atoms with Gasteiger partial charge in [0.05, 0.1) is 12.8 Å². The zero-order chi connectivity index (χ0) is 20.4. The first-order valence-electron chi connectivity index (χ1n) is 9.89. The summed E-state index contributed by atoms with van der Waals surface area (Å²) in [5.41, 5.74) is 4.98. The molecule has 0 spiro atoms. The number of hydrogen-bond acceptors (Lipinski definition) is 6. The van der Waals surface area contributed by atoms with Crippen molar-refractivity contribution in [3.8, 4) is 5.75 Å². The normalized spacial score (nSPS) is 14.4. The van der Waals surface area contributed by atoms with Crippen LogP contribution in [0.2, 0.25) is 0 Å². The molecular weight excluding hydrogens is 368 g/mol. The van der Waals surface area contributed by atoms with Crippen LogP contribution in [0.1, 0.15) is 23.2 Å². The number of carbonyl (C=O) groups excluding carboxylic acids is 1. The fourth-order valence-electron chi connectivity index (χ4n) is 3.94. The minimum atomic E-state index is 0.194. The highest BCUT2D eigenvalue weighted by Gasteiger charge is 2.22. The van der Waals surface area contributed by atoms with Crippen molar-refractivity contribution in [1.82, 2.24) is 24.7 Å². The molecule has 0 bridgehead atoms. The molecule has 0 aliphatic carbocycles. The Bertz CT molecular complexity index is 1010. The molecular formula is C21H26N6O2. The molecule has 0 atom stereocenters. The van der Waals surface area contributed by atoms with Gasteiger partial charge in [-0.05, 0) is 50.1 Å². The van der Waals surface area contributed by atoms with Gasteiger partial charge in [0, 0.05) is 43.9 Å². The van der Waals surface area contributed by atoms with E-state index >= 15 is 0 Å². The number of rotatable bonds is 5. The second kappa shape index (κ2) is 8.06. The number of hydrogen-bond donors (Lipinski definition) is 0. The molecule has 1 amide bonds. The number of aromatic nitrogens is 4. The minimum Gasteiger partial charge on any atom is -0.497 e. The Hall–Kier alpha value is -3.16. The van der Waals surface area contributed by atoms with Crippen LogP contribution in [-0.2, 0) is 11.2 Å². The van der Waals surface area contributed by atoms with Crippen LogP contribution >= 0.6 is 0 Å². The standard InChI is InChI=1S/C21H26N6O2/c1-15-19(16(2)24-27-14-22-23-21(15)27)8-9-20(28)26-12-10-25(11-13-26)17-4-6-18(29-3)7-5-17/h4-7,14H,8-13H2,1-3H3. The van der Waals surface area contributed by atoms with Crippen molar-refractivity contribution in [2.24, 2.45) is 0 Å². The van der Waals surface area contributed by atoms with Gasteiger partial charge in [0.15, 0.2) is 5.65 Å². The van der Waals surface area contributed by atoms with Crippen LogP contribution < -0.4 is 9.64 Å². The third-order valence-corrected chi connectivity index (χ3v) is 5.67. The van der Waals surface area contributed by atoms with Crippen molar-refractivity contribution in [3.05, 3.63) is 47.4 Å². The van der Waals surface area contributed by atoms with Crippen molar-refractivity contribution in [2.45, 2.75) is 26.7 Å². The molecule has 8 heteroatoms. The molecule has 1 saturated heterocycles. The molecule has 8 nitrogen and oxygen atoms in total. The van der Waals surface area contributed by atoms with E-state index < -0.39 is 0 Å². The van der Waals surface area contributed by atoms with Gasteiger partial charge in [-0.25, -0.2) is 4.52 Å². The molecule has 0 N–H and O–H groups in total. The largest absolute Gasteiger partial charge is 0.497 e. The van der Waals surface area contributed by atoms with Crippen molar-refractivity contribution in [2.75, 3.05) is 38.2 Å². The molecule has 1 aromatic carbocycles. The van der Waals surface area contributed by atoms with Crippen molar-refractivity contribution < 1.29 is 9.53 Å². The number of amides is 1. The van der Waals surface area contributed by atoms with Crippen molar-refractivity contribution in [3.63, 3.8) is 0 Å². The monoisotopic (exact) mass is 394 g/mol. The first kappa shape index (κ1) is 19.2.